The lowest BCUT2D eigenvalue weighted by atomic mass is 10.0. The van der Waals surface area contributed by atoms with Crippen LogP contribution in [0.3, 0.4) is 0 Å². The van der Waals surface area contributed by atoms with Gasteiger partial charge >= 0.3 is 0 Å². The highest BCUT2D eigenvalue weighted by atomic mass is 79.9. The highest BCUT2D eigenvalue weighted by Crippen LogP contribution is 2.35. The molecular formula is C10H13BrN2O. The molecule has 1 aromatic heterocycles. The van der Waals surface area contributed by atoms with Gasteiger partial charge in [-0.1, -0.05) is 0 Å². The minimum atomic E-state index is 0.0758. The van der Waals surface area contributed by atoms with Gasteiger partial charge in [-0.05, 0) is 35.7 Å². The van der Waals surface area contributed by atoms with Crippen molar-refractivity contribution in [3.05, 3.63) is 16.4 Å². The molecule has 2 rings (SSSR count). The maximum atomic E-state index is 11.6. The van der Waals surface area contributed by atoms with E-state index in [1.54, 1.807) is 6.20 Å². The lowest BCUT2D eigenvalue weighted by Crippen LogP contribution is -2.12. The van der Waals surface area contributed by atoms with Crippen molar-refractivity contribution in [2.45, 2.75) is 38.6 Å². The second kappa shape index (κ2) is 3.85. The summed E-state index contributed by atoms with van der Waals surface area (Å²) < 4.78 is 2.89. The van der Waals surface area contributed by atoms with Gasteiger partial charge in [0.2, 0.25) is 0 Å². The summed E-state index contributed by atoms with van der Waals surface area (Å²) in [5.41, 5.74) is 1.06. The highest BCUT2D eigenvalue weighted by Gasteiger charge is 2.30. The molecule has 1 unspecified atom stereocenters. The highest BCUT2D eigenvalue weighted by molar-refractivity contribution is 9.10. The monoisotopic (exact) mass is 256 g/mol. The number of carbonyl (C=O) groups excluding carboxylic acids is 1. The van der Waals surface area contributed by atoms with Gasteiger partial charge in [0.05, 0.1) is 22.3 Å². The molecule has 1 saturated carbocycles. The predicted molar refractivity (Wildman–Crippen MR) is 57.2 cm³/mol. The van der Waals surface area contributed by atoms with Crippen LogP contribution in [0.15, 0.2) is 10.7 Å². The maximum Gasteiger partial charge on any atom is 0.141 e. The van der Waals surface area contributed by atoms with E-state index in [0.717, 1.165) is 36.0 Å². The van der Waals surface area contributed by atoms with E-state index in [4.69, 9.17) is 0 Å². The number of rotatable bonds is 2. The summed E-state index contributed by atoms with van der Waals surface area (Å²) in [5.74, 6) is 0.438. The first-order valence-electron chi connectivity index (χ1n) is 4.98. The number of aromatic nitrogens is 2. The van der Waals surface area contributed by atoms with Crippen LogP contribution >= 0.6 is 15.9 Å². The standard InChI is InChI=1S/C10H13BrN2O/c1-2-13-10(8(11)6-12-13)7-4-3-5-9(7)14/h6-7H,2-5H2,1H3. The summed E-state index contributed by atoms with van der Waals surface area (Å²) in [6, 6.07) is 0. The number of ketones is 1. The fraction of sp³-hybridized carbons (Fsp3) is 0.600. The molecule has 0 spiro atoms. The van der Waals surface area contributed by atoms with Crippen LogP contribution in [0.5, 0.6) is 0 Å². The van der Waals surface area contributed by atoms with Crippen molar-refractivity contribution in [1.82, 2.24) is 9.78 Å². The summed E-state index contributed by atoms with van der Waals surface area (Å²) in [4.78, 5) is 11.6. The summed E-state index contributed by atoms with van der Waals surface area (Å²) in [6.45, 7) is 2.87. The first-order chi connectivity index (χ1) is 6.74. The van der Waals surface area contributed by atoms with Crippen LogP contribution in [0.1, 0.15) is 37.8 Å². The summed E-state index contributed by atoms with van der Waals surface area (Å²) in [6.07, 6.45) is 4.50. The number of nitrogens with zero attached hydrogens (tertiary/aromatic N) is 2. The number of carbonyl (C=O) groups is 1. The van der Waals surface area contributed by atoms with Crippen LogP contribution in [-0.4, -0.2) is 15.6 Å². The third-order valence-electron chi connectivity index (χ3n) is 2.77. The molecule has 0 aliphatic heterocycles. The van der Waals surface area contributed by atoms with Crippen LogP contribution in [0.4, 0.5) is 0 Å². The Labute approximate surface area is 91.6 Å². The number of hydrogen-bond donors (Lipinski definition) is 0. The maximum absolute atomic E-state index is 11.6. The summed E-state index contributed by atoms with van der Waals surface area (Å²) >= 11 is 3.46. The van der Waals surface area contributed by atoms with Crippen LogP contribution < -0.4 is 0 Å². The van der Waals surface area contributed by atoms with Gasteiger partial charge in [-0.25, -0.2) is 0 Å². The SMILES string of the molecule is CCn1ncc(Br)c1C1CCCC1=O. The zero-order chi connectivity index (χ0) is 10.1. The van der Waals surface area contributed by atoms with Gasteiger partial charge in [-0.2, -0.15) is 5.10 Å². The Morgan fingerprint density at radius 2 is 2.50 bits per heavy atom. The molecule has 1 aliphatic rings. The van der Waals surface area contributed by atoms with Gasteiger partial charge in [0.25, 0.3) is 0 Å². The molecule has 0 N–H and O–H groups in total. The molecule has 1 atom stereocenters. The van der Waals surface area contributed by atoms with Gasteiger partial charge < -0.3 is 0 Å². The van der Waals surface area contributed by atoms with Crippen LogP contribution in [-0.2, 0) is 11.3 Å². The average molecular weight is 257 g/mol. The third kappa shape index (κ3) is 1.52. The van der Waals surface area contributed by atoms with E-state index in [1.165, 1.54) is 0 Å². The minimum Gasteiger partial charge on any atom is -0.299 e. The molecule has 0 radical (unpaired) electrons. The molecule has 14 heavy (non-hydrogen) atoms. The van der Waals surface area contributed by atoms with Crippen LogP contribution in [0, 0.1) is 0 Å². The first-order valence-corrected chi connectivity index (χ1v) is 5.77. The van der Waals surface area contributed by atoms with Crippen molar-refractivity contribution in [1.29, 1.82) is 0 Å². The molecule has 0 aromatic carbocycles. The smallest absolute Gasteiger partial charge is 0.141 e. The van der Waals surface area contributed by atoms with E-state index >= 15 is 0 Å². The van der Waals surface area contributed by atoms with Crippen molar-refractivity contribution in [2.75, 3.05) is 0 Å². The van der Waals surface area contributed by atoms with E-state index in [9.17, 15) is 4.79 Å². The second-order valence-electron chi connectivity index (χ2n) is 3.60. The van der Waals surface area contributed by atoms with Crippen LogP contribution in [0.2, 0.25) is 0 Å². The van der Waals surface area contributed by atoms with Gasteiger partial charge in [0.1, 0.15) is 5.78 Å². The number of halogens is 1. The summed E-state index contributed by atoms with van der Waals surface area (Å²) in [5, 5.41) is 4.23. The van der Waals surface area contributed by atoms with Crippen molar-refractivity contribution < 1.29 is 4.79 Å². The molecular weight excluding hydrogens is 244 g/mol. The number of Topliss-reactive ketones (excluding diaryl/α,β-unsaturated/α-hetero) is 1. The molecule has 0 amide bonds. The Kier molecular flexibility index (Phi) is 2.72. The quantitative estimate of drug-likeness (QED) is 0.815. The van der Waals surface area contributed by atoms with E-state index < -0.39 is 0 Å². The molecule has 0 bridgehead atoms. The molecule has 76 valence electrons. The third-order valence-corrected chi connectivity index (χ3v) is 3.38. The van der Waals surface area contributed by atoms with Crippen LogP contribution in [0.25, 0.3) is 0 Å². The van der Waals surface area contributed by atoms with Crippen molar-refractivity contribution >= 4 is 21.7 Å². The van der Waals surface area contributed by atoms with Crippen molar-refractivity contribution in [3.63, 3.8) is 0 Å². The van der Waals surface area contributed by atoms with E-state index in [1.807, 2.05) is 11.6 Å². The largest absolute Gasteiger partial charge is 0.299 e. The Balaban J connectivity index is 2.38. The molecule has 3 nitrogen and oxygen atoms in total. The summed E-state index contributed by atoms with van der Waals surface area (Å²) in [7, 11) is 0. The van der Waals surface area contributed by atoms with Gasteiger partial charge in [0.15, 0.2) is 0 Å². The van der Waals surface area contributed by atoms with E-state index in [2.05, 4.69) is 21.0 Å². The molecule has 1 aliphatic carbocycles. The number of aryl methyl sites for hydroxylation is 1. The molecule has 0 saturated heterocycles. The van der Waals surface area contributed by atoms with Gasteiger partial charge in [0, 0.05) is 13.0 Å². The Morgan fingerprint density at radius 3 is 3.07 bits per heavy atom. The fourth-order valence-electron chi connectivity index (χ4n) is 2.08. The zero-order valence-electron chi connectivity index (χ0n) is 8.16. The lowest BCUT2D eigenvalue weighted by Gasteiger charge is -2.10. The van der Waals surface area contributed by atoms with E-state index in [0.29, 0.717) is 5.78 Å². The number of hydrogen-bond acceptors (Lipinski definition) is 2. The topological polar surface area (TPSA) is 34.9 Å². The molecule has 1 heterocycles. The van der Waals surface area contributed by atoms with Gasteiger partial charge in [-0.15, -0.1) is 0 Å². The van der Waals surface area contributed by atoms with E-state index in [-0.39, 0.29) is 5.92 Å². The molecule has 1 fully saturated rings. The zero-order valence-corrected chi connectivity index (χ0v) is 9.75. The first kappa shape index (κ1) is 9.90. The molecule has 1 aromatic rings. The predicted octanol–water partition coefficient (Wildman–Crippen LogP) is 2.50. The Hall–Kier alpha value is -0.640. The lowest BCUT2D eigenvalue weighted by molar-refractivity contribution is -0.118. The fourth-order valence-corrected chi connectivity index (χ4v) is 2.65. The van der Waals surface area contributed by atoms with Crippen molar-refractivity contribution in [2.24, 2.45) is 0 Å². The Morgan fingerprint density at radius 1 is 1.71 bits per heavy atom. The average Bonchev–Trinajstić information content (AvgIpc) is 2.72. The Bertz CT molecular complexity index is 359. The van der Waals surface area contributed by atoms with Gasteiger partial charge in [-0.3, -0.25) is 9.48 Å². The molecule has 4 heteroatoms. The second-order valence-corrected chi connectivity index (χ2v) is 4.46. The minimum absolute atomic E-state index is 0.0758. The normalized spacial score (nSPS) is 21.9. The van der Waals surface area contributed by atoms with Crippen molar-refractivity contribution in [3.8, 4) is 0 Å².